The number of aromatic nitrogens is 3. The van der Waals surface area contributed by atoms with E-state index in [2.05, 4.69) is 199 Å². The van der Waals surface area contributed by atoms with E-state index in [1.165, 1.54) is 33.4 Å². The lowest BCUT2D eigenvalue weighted by atomic mass is 9.85. The molecule has 9 aromatic rings. The van der Waals surface area contributed by atoms with Crippen molar-refractivity contribution < 1.29 is 0 Å². The van der Waals surface area contributed by atoms with Gasteiger partial charge in [-0.3, -0.25) is 0 Å². The maximum Gasteiger partial charge on any atom is 0.164 e. The van der Waals surface area contributed by atoms with Crippen LogP contribution < -0.4 is 5.32 Å². The molecule has 1 aliphatic rings. The zero-order chi connectivity index (χ0) is 37.3. The van der Waals surface area contributed by atoms with E-state index in [0.717, 1.165) is 44.3 Å². The highest BCUT2D eigenvalue weighted by atomic mass is 15.0. The Kier molecular flexibility index (Phi) is 8.54. The molecule has 0 bridgehead atoms. The van der Waals surface area contributed by atoms with Crippen LogP contribution in [0, 0.1) is 0 Å². The highest BCUT2D eigenvalue weighted by Crippen LogP contribution is 2.45. The average Bonchev–Trinajstić information content (AvgIpc) is 3.29. The molecule has 56 heavy (non-hydrogen) atoms. The van der Waals surface area contributed by atoms with Crippen LogP contribution in [0.1, 0.15) is 22.7 Å². The molecule has 0 spiro atoms. The standard InChI is InChI=1S/C52H36N4/c1-5-15-35(16-6-1)37-25-29-41(30-26-37)50-54-51(42-31-27-38(28-32-42)36-17-7-2-8-18-36)56-52(55-50)46-34-48-49(44-24-14-13-23-43(44)46)45(39-19-9-3-10-20-39)33-47(53-48)40-21-11-4-12-22-40/h1-34,47,53H. The van der Waals surface area contributed by atoms with E-state index in [1.54, 1.807) is 0 Å². The van der Waals surface area contributed by atoms with Crippen LogP contribution in [0.25, 0.3) is 72.8 Å². The predicted molar refractivity (Wildman–Crippen MR) is 231 cm³/mol. The lowest BCUT2D eigenvalue weighted by Gasteiger charge is -2.29. The molecule has 1 aromatic heterocycles. The summed E-state index contributed by atoms with van der Waals surface area (Å²) in [5.74, 6) is 1.87. The van der Waals surface area contributed by atoms with Crippen LogP contribution >= 0.6 is 0 Å². The van der Waals surface area contributed by atoms with E-state index in [1.807, 2.05) is 12.1 Å². The van der Waals surface area contributed by atoms with Gasteiger partial charge in [0, 0.05) is 27.9 Å². The van der Waals surface area contributed by atoms with Crippen LogP contribution in [0.15, 0.2) is 206 Å². The summed E-state index contributed by atoms with van der Waals surface area (Å²) in [7, 11) is 0. The molecule has 4 nitrogen and oxygen atoms in total. The van der Waals surface area contributed by atoms with Crippen molar-refractivity contribution in [3.63, 3.8) is 0 Å². The third-order valence-electron chi connectivity index (χ3n) is 10.6. The van der Waals surface area contributed by atoms with Gasteiger partial charge in [-0.2, -0.15) is 0 Å². The molecule has 0 aliphatic carbocycles. The van der Waals surface area contributed by atoms with Crippen molar-refractivity contribution >= 4 is 22.0 Å². The first-order valence-corrected chi connectivity index (χ1v) is 19.0. The number of anilines is 1. The van der Waals surface area contributed by atoms with Crippen LogP contribution in [0.5, 0.6) is 0 Å². The van der Waals surface area contributed by atoms with E-state index >= 15 is 0 Å². The first kappa shape index (κ1) is 33.2. The Morgan fingerprint density at radius 3 is 1.30 bits per heavy atom. The second kappa shape index (κ2) is 14.4. The summed E-state index contributed by atoms with van der Waals surface area (Å²) in [6.45, 7) is 0. The Labute approximate surface area is 326 Å². The van der Waals surface area contributed by atoms with E-state index in [-0.39, 0.29) is 6.04 Å². The summed E-state index contributed by atoms with van der Waals surface area (Å²) in [6.07, 6.45) is 2.36. The van der Waals surface area contributed by atoms with Crippen LogP contribution in [0.3, 0.4) is 0 Å². The van der Waals surface area contributed by atoms with E-state index in [9.17, 15) is 0 Å². The van der Waals surface area contributed by atoms with Crippen molar-refractivity contribution in [2.45, 2.75) is 6.04 Å². The topological polar surface area (TPSA) is 50.7 Å². The Bertz CT molecular complexity index is 2730. The van der Waals surface area contributed by atoms with Gasteiger partial charge < -0.3 is 5.32 Å². The minimum absolute atomic E-state index is 0.0244. The molecule has 0 amide bonds. The highest BCUT2D eigenvalue weighted by Gasteiger charge is 2.26. The fourth-order valence-electron chi connectivity index (χ4n) is 7.76. The largest absolute Gasteiger partial charge is 0.374 e. The van der Waals surface area contributed by atoms with Gasteiger partial charge in [-0.1, -0.05) is 194 Å². The molecule has 4 heteroatoms. The van der Waals surface area contributed by atoms with Crippen molar-refractivity contribution in [2.24, 2.45) is 0 Å². The maximum atomic E-state index is 5.26. The van der Waals surface area contributed by atoms with Crippen molar-refractivity contribution in [3.8, 4) is 56.4 Å². The third-order valence-corrected chi connectivity index (χ3v) is 10.6. The van der Waals surface area contributed by atoms with Gasteiger partial charge in [0.25, 0.3) is 0 Å². The maximum absolute atomic E-state index is 5.26. The van der Waals surface area contributed by atoms with Gasteiger partial charge in [-0.15, -0.1) is 0 Å². The summed E-state index contributed by atoms with van der Waals surface area (Å²) in [6, 6.07) is 70.0. The molecular formula is C52H36N4. The van der Waals surface area contributed by atoms with Crippen molar-refractivity contribution in [2.75, 3.05) is 5.32 Å². The number of fused-ring (bicyclic) bond motifs is 3. The summed E-state index contributed by atoms with van der Waals surface area (Å²) < 4.78 is 0. The van der Waals surface area contributed by atoms with Gasteiger partial charge in [-0.25, -0.2) is 15.0 Å². The molecule has 2 heterocycles. The van der Waals surface area contributed by atoms with Gasteiger partial charge >= 0.3 is 0 Å². The minimum atomic E-state index is -0.0244. The fourth-order valence-corrected chi connectivity index (χ4v) is 7.76. The van der Waals surface area contributed by atoms with Crippen molar-refractivity contribution in [1.82, 2.24) is 15.0 Å². The monoisotopic (exact) mass is 716 g/mol. The normalized spacial score (nSPS) is 13.4. The van der Waals surface area contributed by atoms with Crippen molar-refractivity contribution in [3.05, 3.63) is 223 Å². The molecule has 8 aromatic carbocycles. The summed E-state index contributed by atoms with van der Waals surface area (Å²) in [4.78, 5) is 15.6. The number of hydrogen-bond acceptors (Lipinski definition) is 4. The Morgan fingerprint density at radius 1 is 0.357 bits per heavy atom. The number of hydrogen-bond donors (Lipinski definition) is 1. The molecule has 0 radical (unpaired) electrons. The molecule has 0 fully saturated rings. The highest BCUT2D eigenvalue weighted by molar-refractivity contribution is 6.09. The fraction of sp³-hybridized carbons (Fsp3) is 0.0192. The Balaban J connectivity index is 1.16. The molecule has 264 valence electrons. The Morgan fingerprint density at radius 2 is 0.768 bits per heavy atom. The quantitative estimate of drug-likeness (QED) is 0.178. The summed E-state index contributed by atoms with van der Waals surface area (Å²) in [5.41, 5.74) is 13.2. The SMILES string of the molecule is C1=C(c2ccccc2)c2c(cc(-c3nc(-c4ccc(-c5ccccc5)cc4)nc(-c4ccc(-c5ccccc5)cc4)n3)c3ccccc23)NC1c1ccccc1. The second-order valence-corrected chi connectivity index (χ2v) is 14.1. The lowest BCUT2D eigenvalue weighted by molar-refractivity contribution is 0.974. The first-order valence-electron chi connectivity index (χ1n) is 19.0. The number of rotatable bonds is 7. The van der Waals surface area contributed by atoms with Gasteiger partial charge in [0.05, 0.1) is 6.04 Å². The predicted octanol–water partition coefficient (Wildman–Crippen LogP) is 13.0. The van der Waals surface area contributed by atoms with Crippen molar-refractivity contribution in [1.29, 1.82) is 0 Å². The molecule has 10 rings (SSSR count). The number of benzene rings is 8. The van der Waals surface area contributed by atoms with E-state index < -0.39 is 0 Å². The molecular weight excluding hydrogens is 681 g/mol. The molecule has 1 N–H and O–H groups in total. The second-order valence-electron chi connectivity index (χ2n) is 14.1. The summed E-state index contributed by atoms with van der Waals surface area (Å²) in [5, 5.41) is 6.12. The molecule has 1 aliphatic heterocycles. The van der Waals surface area contributed by atoms with Gasteiger partial charge in [0.15, 0.2) is 17.5 Å². The first-order chi connectivity index (χ1) is 27.7. The van der Waals surface area contributed by atoms with E-state index in [4.69, 9.17) is 15.0 Å². The smallest absolute Gasteiger partial charge is 0.164 e. The average molecular weight is 717 g/mol. The zero-order valence-electron chi connectivity index (χ0n) is 30.5. The van der Waals surface area contributed by atoms with Crippen LogP contribution in [-0.4, -0.2) is 15.0 Å². The lowest BCUT2D eigenvalue weighted by Crippen LogP contribution is -2.16. The van der Waals surface area contributed by atoms with Gasteiger partial charge in [-0.05, 0) is 61.9 Å². The zero-order valence-corrected chi connectivity index (χ0v) is 30.5. The molecule has 0 saturated carbocycles. The Hall–Kier alpha value is -7.43. The summed E-state index contributed by atoms with van der Waals surface area (Å²) >= 11 is 0. The van der Waals surface area contributed by atoms with Gasteiger partial charge in [0.2, 0.25) is 0 Å². The van der Waals surface area contributed by atoms with Crippen LogP contribution in [0.2, 0.25) is 0 Å². The third kappa shape index (κ3) is 6.33. The van der Waals surface area contributed by atoms with Crippen LogP contribution in [-0.2, 0) is 0 Å². The number of nitrogens with one attached hydrogen (secondary N) is 1. The number of nitrogens with zero attached hydrogens (tertiary/aromatic N) is 3. The molecule has 1 atom stereocenters. The van der Waals surface area contributed by atoms with Gasteiger partial charge in [0.1, 0.15) is 0 Å². The minimum Gasteiger partial charge on any atom is -0.374 e. The van der Waals surface area contributed by atoms with E-state index in [0.29, 0.717) is 17.5 Å². The molecule has 0 saturated heterocycles. The van der Waals surface area contributed by atoms with Crippen LogP contribution in [0.4, 0.5) is 5.69 Å². The molecule has 1 unspecified atom stereocenters.